The minimum Gasteiger partial charge on any atom is -0.338 e. The second-order valence-electron chi connectivity index (χ2n) is 6.79. The normalized spacial score (nSPS) is 11.3. The summed E-state index contributed by atoms with van der Waals surface area (Å²) in [5, 5.41) is 16.0. The summed E-state index contributed by atoms with van der Waals surface area (Å²) in [5.74, 6) is 0.903. The molecule has 10 heteroatoms. The van der Waals surface area contributed by atoms with E-state index in [2.05, 4.69) is 15.1 Å². The molecule has 0 aliphatic rings. The van der Waals surface area contributed by atoms with Crippen molar-refractivity contribution in [3.63, 3.8) is 0 Å². The van der Waals surface area contributed by atoms with Gasteiger partial charge in [0.1, 0.15) is 0 Å². The fraction of sp³-hybridized carbons (Fsp3) is 0.200. The molecule has 0 unspecified atom stereocenters. The molecule has 0 fully saturated rings. The van der Waals surface area contributed by atoms with Crippen molar-refractivity contribution in [2.45, 2.75) is 30.8 Å². The highest BCUT2D eigenvalue weighted by Crippen LogP contribution is 2.26. The van der Waals surface area contributed by atoms with Gasteiger partial charge in [0.25, 0.3) is 11.2 Å². The number of aromatic nitrogens is 4. The molecule has 0 atom stereocenters. The van der Waals surface area contributed by atoms with Crippen LogP contribution in [0.2, 0.25) is 0 Å². The van der Waals surface area contributed by atoms with E-state index < -0.39 is 4.92 Å². The third kappa shape index (κ3) is 3.81. The first-order valence-electron chi connectivity index (χ1n) is 9.15. The van der Waals surface area contributed by atoms with Gasteiger partial charge in [-0.1, -0.05) is 41.2 Å². The molecular formula is C20H17N5O4S. The van der Waals surface area contributed by atoms with Gasteiger partial charge in [-0.15, -0.1) is 0 Å². The smallest absolute Gasteiger partial charge is 0.270 e. The second kappa shape index (κ2) is 8.07. The van der Waals surface area contributed by atoms with Crippen molar-refractivity contribution in [1.82, 2.24) is 19.7 Å². The van der Waals surface area contributed by atoms with E-state index in [-0.39, 0.29) is 23.1 Å². The van der Waals surface area contributed by atoms with E-state index in [0.717, 1.165) is 0 Å². The number of hydrogen-bond acceptors (Lipinski definition) is 8. The number of fused-ring (bicyclic) bond motifs is 1. The van der Waals surface area contributed by atoms with Crippen molar-refractivity contribution in [1.29, 1.82) is 0 Å². The maximum absolute atomic E-state index is 12.9. The zero-order valence-corrected chi connectivity index (χ0v) is 17.0. The van der Waals surface area contributed by atoms with Crippen molar-refractivity contribution in [2.24, 2.45) is 0 Å². The lowest BCUT2D eigenvalue weighted by molar-refractivity contribution is -0.384. The molecule has 2 heterocycles. The molecule has 152 valence electrons. The van der Waals surface area contributed by atoms with Crippen molar-refractivity contribution < 1.29 is 9.45 Å². The first kappa shape index (κ1) is 19.8. The van der Waals surface area contributed by atoms with Crippen LogP contribution < -0.4 is 5.56 Å². The molecule has 0 aliphatic heterocycles. The summed E-state index contributed by atoms with van der Waals surface area (Å²) in [7, 11) is 0. The van der Waals surface area contributed by atoms with Crippen LogP contribution in [-0.4, -0.2) is 24.6 Å². The lowest BCUT2D eigenvalue weighted by atomic mass is 10.2. The van der Waals surface area contributed by atoms with Gasteiger partial charge in [0, 0.05) is 23.7 Å². The van der Waals surface area contributed by atoms with Gasteiger partial charge in [-0.2, -0.15) is 4.98 Å². The standard InChI is InChI=1S/C20H17N5O4S/c1-12(2)24-19(26)15-8-3-4-9-16(15)21-20(24)30-11-17-22-18(23-29-17)13-6-5-7-14(10-13)25(27)28/h3-10,12H,11H2,1-2H3. The number of nitro benzene ring substituents is 1. The average molecular weight is 423 g/mol. The van der Waals surface area contributed by atoms with Crippen LogP contribution >= 0.6 is 11.8 Å². The Balaban J connectivity index is 1.61. The Hall–Kier alpha value is -3.53. The number of hydrogen-bond donors (Lipinski definition) is 0. The summed E-state index contributed by atoms with van der Waals surface area (Å²) in [5.41, 5.74) is 0.979. The van der Waals surface area contributed by atoms with Gasteiger partial charge in [-0.3, -0.25) is 19.5 Å². The topological polar surface area (TPSA) is 117 Å². The minimum absolute atomic E-state index is 0.0467. The summed E-state index contributed by atoms with van der Waals surface area (Å²) >= 11 is 1.32. The van der Waals surface area contributed by atoms with Crippen LogP contribution in [0.25, 0.3) is 22.3 Å². The molecular weight excluding hydrogens is 406 g/mol. The summed E-state index contributed by atoms with van der Waals surface area (Å²) in [6, 6.07) is 13.2. The SMILES string of the molecule is CC(C)n1c(SCc2nc(-c3cccc([N+](=O)[O-])c3)no2)nc2ccccc2c1=O. The Morgan fingerprint density at radius 1 is 1.17 bits per heavy atom. The minimum atomic E-state index is -0.475. The summed E-state index contributed by atoms with van der Waals surface area (Å²) in [6.07, 6.45) is 0. The van der Waals surface area contributed by atoms with Crippen molar-refractivity contribution >= 4 is 28.4 Å². The van der Waals surface area contributed by atoms with E-state index in [1.165, 1.54) is 23.9 Å². The van der Waals surface area contributed by atoms with Crippen molar-refractivity contribution in [3.05, 3.63) is 74.9 Å². The maximum atomic E-state index is 12.9. The van der Waals surface area contributed by atoms with Crippen LogP contribution in [-0.2, 0) is 5.75 Å². The van der Waals surface area contributed by atoms with Crippen LogP contribution in [0, 0.1) is 10.1 Å². The number of thioether (sulfide) groups is 1. The zero-order valence-electron chi connectivity index (χ0n) is 16.2. The van der Waals surface area contributed by atoms with Gasteiger partial charge in [0.2, 0.25) is 11.7 Å². The van der Waals surface area contributed by atoms with Crippen LogP contribution in [0.1, 0.15) is 25.8 Å². The Labute approximate surface area is 174 Å². The van der Waals surface area contributed by atoms with Gasteiger partial charge < -0.3 is 4.52 Å². The highest BCUT2D eigenvalue weighted by atomic mass is 32.2. The van der Waals surface area contributed by atoms with Crippen molar-refractivity contribution in [3.8, 4) is 11.4 Å². The molecule has 4 rings (SSSR count). The molecule has 0 amide bonds. The van der Waals surface area contributed by atoms with E-state index >= 15 is 0 Å². The molecule has 9 nitrogen and oxygen atoms in total. The van der Waals surface area contributed by atoms with Gasteiger partial charge in [0.05, 0.1) is 21.6 Å². The lowest BCUT2D eigenvalue weighted by Crippen LogP contribution is -2.25. The molecule has 2 aromatic heterocycles. The Kier molecular flexibility index (Phi) is 5.32. The van der Waals surface area contributed by atoms with Crippen LogP contribution in [0.5, 0.6) is 0 Å². The lowest BCUT2D eigenvalue weighted by Gasteiger charge is -2.15. The van der Waals surface area contributed by atoms with E-state index in [1.54, 1.807) is 28.8 Å². The van der Waals surface area contributed by atoms with Crippen LogP contribution in [0.4, 0.5) is 5.69 Å². The molecule has 0 aliphatic carbocycles. The quantitative estimate of drug-likeness (QED) is 0.196. The van der Waals surface area contributed by atoms with Gasteiger partial charge in [-0.05, 0) is 26.0 Å². The Morgan fingerprint density at radius 2 is 1.97 bits per heavy atom. The number of nitro groups is 1. The fourth-order valence-electron chi connectivity index (χ4n) is 3.00. The van der Waals surface area contributed by atoms with Crippen LogP contribution in [0.15, 0.2) is 63.0 Å². The fourth-order valence-corrected chi connectivity index (χ4v) is 3.96. The van der Waals surface area contributed by atoms with Crippen LogP contribution in [0.3, 0.4) is 0 Å². The summed E-state index contributed by atoms with van der Waals surface area (Å²) < 4.78 is 6.94. The highest BCUT2D eigenvalue weighted by Gasteiger charge is 2.17. The molecule has 4 aromatic rings. The van der Waals surface area contributed by atoms with E-state index in [4.69, 9.17) is 4.52 Å². The molecule has 0 bridgehead atoms. The highest BCUT2D eigenvalue weighted by molar-refractivity contribution is 7.98. The molecule has 0 saturated heterocycles. The number of para-hydroxylation sites is 1. The third-order valence-corrected chi connectivity index (χ3v) is 5.34. The van der Waals surface area contributed by atoms with E-state index in [1.807, 2.05) is 26.0 Å². The van der Waals surface area contributed by atoms with Gasteiger partial charge >= 0.3 is 0 Å². The second-order valence-corrected chi connectivity index (χ2v) is 7.73. The number of non-ortho nitro benzene ring substituents is 1. The number of nitrogens with zero attached hydrogens (tertiary/aromatic N) is 5. The maximum Gasteiger partial charge on any atom is 0.270 e. The van der Waals surface area contributed by atoms with Gasteiger partial charge in [-0.25, -0.2) is 4.98 Å². The Bertz CT molecular complexity index is 1300. The predicted octanol–water partition coefficient (Wildman–Crippen LogP) is 4.23. The Morgan fingerprint density at radius 3 is 2.73 bits per heavy atom. The molecule has 30 heavy (non-hydrogen) atoms. The number of rotatable bonds is 6. The summed E-state index contributed by atoms with van der Waals surface area (Å²) in [6.45, 7) is 3.85. The predicted molar refractivity (Wildman–Crippen MR) is 112 cm³/mol. The van der Waals surface area contributed by atoms with E-state index in [0.29, 0.717) is 33.3 Å². The monoisotopic (exact) mass is 423 g/mol. The molecule has 2 aromatic carbocycles. The third-order valence-electron chi connectivity index (χ3n) is 4.40. The molecule has 0 spiro atoms. The molecule has 0 N–H and O–H groups in total. The van der Waals surface area contributed by atoms with Gasteiger partial charge in [0.15, 0.2) is 5.16 Å². The molecule has 0 radical (unpaired) electrons. The average Bonchev–Trinajstić information content (AvgIpc) is 3.21. The first-order chi connectivity index (χ1) is 14.4. The number of benzene rings is 2. The first-order valence-corrected chi connectivity index (χ1v) is 10.1. The van der Waals surface area contributed by atoms with Crippen molar-refractivity contribution in [2.75, 3.05) is 0 Å². The zero-order chi connectivity index (χ0) is 21.3. The molecule has 0 saturated carbocycles. The largest absolute Gasteiger partial charge is 0.338 e. The summed E-state index contributed by atoms with van der Waals surface area (Å²) in [4.78, 5) is 32.3. The van der Waals surface area contributed by atoms with E-state index in [9.17, 15) is 14.9 Å².